The standard InChI is InChI=1S/C20H23N3O5/c1-3-28-20(26)14-7-9-23(10-8-14)18(24)16(12-21)13-22-17-6-4-5-15(11-17)19(25)27-2/h4-6,11,13-14,22H,3,7-10H2,1-2H3/b16-13-. The van der Waals surface area contributed by atoms with Crippen molar-refractivity contribution in [3.8, 4) is 6.07 Å². The Kier molecular flexibility index (Phi) is 7.57. The van der Waals surface area contributed by atoms with E-state index in [2.05, 4.69) is 10.1 Å². The molecule has 1 aliphatic rings. The quantitative estimate of drug-likeness (QED) is 0.454. The summed E-state index contributed by atoms with van der Waals surface area (Å²) in [6.45, 7) is 2.87. The maximum Gasteiger partial charge on any atom is 0.337 e. The number of esters is 2. The van der Waals surface area contributed by atoms with Gasteiger partial charge in [-0.3, -0.25) is 9.59 Å². The average molecular weight is 385 g/mol. The number of nitrogens with one attached hydrogen (secondary N) is 1. The largest absolute Gasteiger partial charge is 0.466 e. The summed E-state index contributed by atoms with van der Waals surface area (Å²) < 4.78 is 9.69. The van der Waals surface area contributed by atoms with Gasteiger partial charge in [0.25, 0.3) is 5.91 Å². The van der Waals surface area contributed by atoms with E-state index in [9.17, 15) is 19.6 Å². The van der Waals surface area contributed by atoms with Crippen molar-refractivity contribution in [3.05, 3.63) is 41.6 Å². The number of carbonyl (C=O) groups excluding carboxylic acids is 3. The molecule has 0 aliphatic carbocycles. The summed E-state index contributed by atoms with van der Waals surface area (Å²) >= 11 is 0. The van der Waals surface area contributed by atoms with E-state index in [4.69, 9.17) is 4.74 Å². The number of amides is 1. The van der Waals surface area contributed by atoms with Gasteiger partial charge in [0.1, 0.15) is 11.6 Å². The van der Waals surface area contributed by atoms with E-state index in [1.807, 2.05) is 6.07 Å². The van der Waals surface area contributed by atoms with Crippen LogP contribution in [0.25, 0.3) is 0 Å². The lowest BCUT2D eigenvalue weighted by Gasteiger charge is -2.30. The molecule has 1 N–H and O–H groups in total. The molecule has 0 saturated carbocycles. The minimum absolute atomic E-state index is 0.0574. The van der Waals surface area contributed by atoms with Crippen molar-refractivity contribution in [2.24, 2.45) is 5.92 Å². The molecule has 1 saturated heterocycles. The van der Waals surface area contributed by atoms with Crippen LogP contribution < -0.4 is 5.32 Å². The number of nitrogens with zero attached hydrogens (tertiary/aromatic N) is 2. The number of likely N-dealkylation sites (tertiary alicyclic amines) is 1. The van der Waals surface area contributed by atoms with Gasteiger partial charge in [0.2, 0.25) is 0 Å². The molecule has 1 aromatic carbocycles. The first-order valence-electron chi connectivity index (χ1n) is 9.01. The molecule has 8 heteroatoms. The zero-order valence-corrected chi connectivity index (χ0v) is 15.9. The summed E-state index contributed by atoms with van der Waals surface area (Å²) in [7, 11) is 1.29. The lowest BCUT2D eigenvalue weighted by molar-refractivity contribution is -0.150. The van der Waals surface area contributed by atoms with E-state index in [0.717, 1.165) is 0 Å². The number of carbonyl (C=O) groups is 3. The topological polar surface area (TPSA) is 109 Å². The fourth-order valence-corrected chi connectivity index (χ4v) is 2.90. The highest BCUT2D eigenvalue weighted by Gasteiger charge is 2.29. The lowest BCUT2D eigenvalue weighted by atomic mass is 9.96. The number of nitriles is 1. The van der Waals surface area contributed by atoms with Crippen molar-refractivity contribution < 1.29 is 23.9 Å². The zero-order valence-electron chi connectivity index (χ0n) is 15.9. The molecule has 1 aromatic rings. The van der Waals surface area contributed by atoms with Gasteiger partial charge in [-0.2, -0.15) is 5.26 Å². The van der Waals surface area contributed by atoms with E-state index in [0.29, 0.717) is 43.8 Å². The van der Waals surface area contributed by atoms with Gasteiger partial charge in [0, 0.05) is 25.0 Å². The SMILES string of the molecule is CCOC(=O)C1CCN(C(=O)/C(C#N)=C\Nc2cccc(C(=O)OC)c2)CC1. The minimum atomic E-state index is -0.478. The molecular formula is C20H23N3O5. The molecule has 148 valence electrons. The van der Waals surface area contributed by atoms with Gasteiger partial charge in [0.05, 0.1) is 25.2 Å². The number of piperidine rings is 1. The molecule has 0 aromatic heterocycles. The second kappa shape index (κ2) is 10.1. The fraction of sp³-hybridized carbons (Fsp3) is 0.400. The van der Waals surface area contributed by atoms with E-state index >= 15 is 0 Å². The third-order valence-electron chi connectivity index (χ3n) is 4.42. The maximum absolute atomic E-state index is 12.6. The Bertz CT molecular complexity index is 804. The van der Waals surface area contributed by atoms with E-state index in [1.54, 1.807) is 36.1 Å². The molecule has 0 bridgehead atoms. The smallest absolute Gasteiger partial charge is 0.337 e. The first-order valence-corrected chi connectivity index (χ1v) is 9.01. The third-order valence-corrected chi connectivity index (χ3v) is 4.42. The van der Waals surface area contributed by atoms with Crippen LogP contribution in [-0.2, 0) is 19.1 Å². The van der Waals surface area contributed by atoms with Gasteiger partial charge < -0.3 is 19.7 Å². The highest BCUT2D eigenvalue weighted by Crippen LogP contribution is 2.20. The van der Waals surface area contributed by atoms with Crippen molar-refractivity contribution in [1.82, 2.24) is 4.90 Å². The van der Waals surface area contributed by atoms with Crippen LogP contribution in [0.2, 0.25) is 0 Å². The first-order chi connectivity index (χ1) is 13.5. The molecule has 8 nitrogen and oxygen atoms in total. The van der Waals surface area contributed by atoms with Gasteiger partial charge in [-0.25, -0.2) is 4.79 Å². The summed E-state index contributed by atoms with van der Waals surface area (Å²) in [6.07, 6.45) is 2.34. The second-order valence-electron chi connectivity index (χ2n) is 6.21. The number of ether oxygens (including phenoxy) is 2. The van der Waals surface area contributed by atoms with Crippen LogP contribution >= 0.6 is 0 Å². The monoisotopic (exact) mass is 385 g/mol. The third kappa shape index (κ3) is 5.33. The van der Waals surface area contributed by atoms with Crippen molar-refractivity contribution in [3.63, 3.8) is 0 Å². The first kappa shape index (κ1) is 21.0. The van der Waals surface area contributed by atoms with Gasteiger partial charge in [-0.1, -0.05) is 6.07 Å². The highest BCUT2D eigenvalue weighted by molar-refractivity contribution is 5.97. The summed E-state index contributed by atoms with van der Waals surface area (Å²) in [6, 6.07) is 8.43. The van der Waals surface area contributed by atoms with Gasteiger partial charge in [-0.15, -0.1) is 0 Å². The van der Waals surface area contributed by atoms with Crippen LogP contribution in [-0.4, -0.2) is 49.6 Å². The van der Waals surface area contributed by atoms with Crippen molar-refractivity contribution in [1.29, 1.82) is 5.26 Å². The van der Waals surface area contributed by atoms with Crippen LogP contribution in [0.4, 0.5) is 5.69 Å². The molecule has 28 heavy (non-hydrogen) atoms. The predicted molar refractivity (Wildman–Crippen MR) is 101 cm³/mol. The van der Waals surface area contributed by atoms with Crippen LogP contribution in [0.3, 0.4) is 0 Å². The number of benzene rings is 1. The molecule has 0 unspecified atom stereocenters. The Labute approximate surface area is 163 Å². The molecule has 2 rings (SSSR count). The molecule has 1 aliphatic heterocycles. The number of rotatable bonds is 6. The molecule has 0 spiro atoms. The minimum Gasteiger partial charge on any atom is -0.466 e. The Morgan fingerprint density at radius 1 is 1.32 bits per heavy atom. The number of hydrogen-bond acceptors (Lipinski definition) is 7. The Morgan fingerprint density at radius 3 is 2.64 bits per heavy atom. The van der Waals surface area contributed by atoms with Crippen LogP contribution in [0.15, 0.2) is 36.0 Å². The molecular weight excluding hydrogens is 362 g/mol. The summed E-state index contributed by atoms with van der Waals surface area (Å²) in [5, 5.41) is 12.2. The predicted octanol–water partition coefficient (Wildman–Crippen LogP) is 2.09. The molecule has 0 atom stereocenters. The molecule has 1 heterocycles. The van der Waals surface area contributed by atoms with Crippen molar-refractivity contribution in [2.45, 2.75) is 19.8 Å². The summed E-state index contributed by atoms with van der Waals surface area (Å²) in [5.74, 6) is -1.33. The van der Waals surface area contributed by atoms with E-state index < -0.39 is 11.9 Å². The summed E-state index contributed by atoms with van der Waals surface area (Å²) in [4.78, 5) is 37.5. The normalized spacial score (nSPS) is 14.8. The van der Waals surface area contributed by atoms with E-state index in [1.165, 1.54) is 13.3 Å². The average Bonchev–Trinajstić information content (AvgIpc) is 2.74. The Balaban J connectivity index is 1.99. The number of methoxy groups -OCH3 is 1. The highest BCUT2D eigenvalue weighted by atomic mass is 16.5. The molecule has 1 fully saturated rings. The number of anilines is 1. The van der Waals surface area contributed by atoms with Gasteiger partial charge >= 0.3 is 11.9 Å². The van der Waals surface area contributed by atoms with Gasteiger partial charge in [-0.05, 0) is 38.0 Å². The van der Waals surface area contributed by atoms with Crippen LogP contribution in [0, 0.1) is 17.2 Å². The Hall–Kier alpha value is -3.34. The fourth-order valence-electron chi connectivity index (χ4n) is 2.90. The molecule has 1 amide bonds. The zero-order chi connectivity index (χ0) is 20.5. The maximum atomic E-state index is 12.6. The molecule has 0 radical (unpaired) electrons. The lowest BCUT2D eigenvalue weighted by Crippen LogP contribution is -2.41. The van der Waals surface area contributed by atoms with Crippen LogP contribution in [0.5, 0.6) is 0 Å². The number of hydrogen-bond donors (Lipinski definition) is 1. The second-order valence-corrected chi connectivity index (χ2v) is 6.21. The summed E-state index contributed by atoms with van der Waals surface area (Å²) in [5.41, 5.74) is 0.842. The van der Waals surface area contributed by atoms with Gasteiger partial charge in [0.15, 0.2) is 0 Å². The Morgan fingerprint density at radius 2 is 2.04 bits per heavy atom. The van der Waals surface area contributed by atoms with E-state index in [-0.39, 0.29) is 17.5 Å². The van der Waals surface area contributed by atoms with Crippen molar-refractivity contribution >= 4 is 23.5 Å². The van der Waals surface area contributed by atoms with Crippen molar-refractivity contribution in [2.75, 3.05) is 32.1 Å². The van der Waals surface area contributed by atoms with Crippen LogP contribution in [0.1, 0.15) is 30.1 Å².